The van der Waals surface area contributed by atoms with Crippen LogP contribution in [-0.4, -0.2) is 24.8 Å². The van der Waals surface area contributed by atoms with Crippen molar-refractivity contribution in [1.82, 2.24) is 0 Å². The predicted octanol–water partition coefficient (Wildman–Crippen LogP) is 6.78. The van der Waals surface area contributed by atoms with Crippen LogP contribution in [0.25, 0.3) is 0 Å². The van der Waals surface area contributed by atoms with Gasteiger partial charge >= 0.3 is 5.97 Å². The standard InChI is InChI=1S/C25H44O4/c1-18(12-13-21-19(2)11-9-15-24(21,4)5)10-8-16-25(6)17-14-22(28-29-25)20(3)23(26)27-7/h18,20,22H,8-17H2,1-7H3/t18?,20-,22?,25-/m0/s1. The maximum absolute atomic E-state index is 11.7. The fraction of sp³-hybridized carbons (Fsp3) is 0.880. The van der Waals surface area contributed by atoms with Crippen LogP contribution in [0.1, 0.15) is 106 Å². The summed E-state index contributed by atoms with van der Waals surface area (Å²) in [5.74, 6) is 0.210. The van der Waals surface area contributed by atoms with Gasteiger partial charge in [-0.1, -0.05) is 44.8 Å². The molecule has 0 aromatic carbocycles. The number of carbonyl (C=O) groups is 1. The molecule has 2 unspecified atom stereocenters. The number of hydrogen-bond acceptors (Lipinski definition) is 4. The van der Waals surface area contributed by atoms with Crippen molar-refractivity contribution >= 4 is 5.97 Å². The van der Waals surface area contributed by atoms with E-state index in [2.05, 4.69) is 34.6 Å². The van der Waals surface area contributed by atoms with E-state index < -0.39 is 0 Å². The quantitative estimate of drug-likeness (QED) is 0.240. The Labute approximate surface area is 178 Å². The Balaban J connectivity index is 1.71. The van der Waals surface area contributed by atoms with E-state index in [1.807, 2.05) is 6.92 Å². The first-order valence-corrected chi connectivity index (χ1v) is 11.7. The molecule has 1 saturated heterocycles. The summed E-state index contributed by atoms with van der Waals surface area (Å²) in [7, 11) is 1.42. The Kier molecular flexibility index (Phi) is 8.78. The van der Waals surface area contributed by atoms with Crippen molar-refractivity contribution in [2.45, 2.75) is 117 Å². The van der Waals surface area contributed by atoms with E-state index in [0.29, 0.717) is 5.41 Å². The molecule has 0 N–H and O–H groups in total. The maximum Gasteiger partial charge on any atom is 0.311 e. The third-order valence-corrected chi connectivity index (χ3v) is 7.44. The van der Waals surface area contributed by atoms with Crippen LogP contribution in [0.2, 0.25) is 0 Å². The molecular weight excluding hydrogens is 364 g/mol. The van der Waals surface area contributed by atoms with Crippen LogP contribution in [0, 0.1) is 17.3 Å². The third kappa shape index (κ3) is 6.82. The number of esters is 1. The Morgan fingerprint density at radius 3 is 2.52 bits per heavy atom. The molecule has 2 rings (SSSR count). The van der Waals surface area contributed by atoms with E-state index in [9.17, 15) is 4.79 Å². The van der Waals surface area contributed by atoms with Gasteiger partial charge < -0.3 is 4.74 Å². The molecule has 29 heavy (non-hydrogen) atoms. The van der Waals surface area contributed by atoms with Crippen molar-refractivity contribution in [1.29, 1.82) is 0 Å². The van der Waals surface area contributed by atoms with Crippen LogP contribution in [0.4, 0.5) is 0 Å². The average molecular weight is 409 g/mol. The highest BCUT2D eigenvalue weighted by atomic mass is 17.2. The molecule has 0 saturated carbocycles. The lowest BCUT2D eigenvalue weighted by atomic mass is 9.70. The fourth-order valence-electron chi connectivity index (χ4n) is 5.14. The van der Waals surface area contributed by atoms with Crippen LogP contribution in [0.3, 0.4) is 0 Å². The number of ether oxygens (including phenoxy) is 1. The highest BCUT2D eigenvalue weighted by Gasteiger charge is 2.38. The zero-order valence-corrected chi connectivity index (χ0v) is 19.9. The molecule has 1 fully saturated rings. The van der Waals surface area contributed by atoms with Crippen molar-refractivity contribution in [3.63, 3.8) is 0 Å². The van der Waals surface area contributed by atoms with E-state index in [4.69, 9.17) is 14.5 Å². The highest BCUT2D eigenvalue weighted by molar-refractivity contribution is 5.72. The van der Waals surface area contributed by atoms with Gasteiger partial charge in [0.25, 0.3) is 0 Å². The van der Waals surface area contributed by atoms with Gasteiger partial charge in [0.05, 0.1) is 13.0 Å². The van der Waals surface area contributed by atoms with Crippen molar-refractivity contribution in [3.8, 4) is 0 Å². The molecule has 1 aliphatic carbocycles. The van der Waals surface area contributed by atoms with Gasteiger partial charge in [-0.3, -0.25) is 4.79 Å². The monoisotopic (exact) mass is 408 g/mol. The van der Waals surface area contributed by atoms with Gasteiger partial charge in [-0.2, -0.15) is 0 Å². The number of allylic oxidation sites excluding steroid dienone is 2. The third-order valence-electron chi connectivity index (χ3n) is 7.44. The van der Waals surface area contributed by atoms with E-state index in [1.54, 1.807) is 11.1 Å². The van der Waals surface area contributed by atoms with Gasteiger partial charge in [-0.15, -0.1) is 0 Å². The van der Waals surface area contributed by atoms with E-state index in [1.165, 1.54) is 45.6 Å². The lowest BCUT2D eigenvalue weighted by Crippen LogP contribution is -2.41. The van der Waals surface area contributed by atoms with Crippen LogP contribution in [-0.2, 0) is 19.3 Å². The van der Waals surface area contributed by atoms with Gasteiger partial charge in [0.2, 0.25) is 0 Å². The zero-order chi connectivity index (χ0) is 21.7. The molecule has 168 valence electrons. The minimum Gasteiger partial charge on any atom is -0.469 e. The Hall–Kier alpha value is -0.870. The van der Waals surface area contributed by atoms with E-state index in [0.717, 1.165) is 31.6 Å². The summed E-state index contributed by atoms with van der Waals surface area (Å²) < 4.78 is 4.82. The van der Waals surface area contributed by atoms with Crippen molar-refractivity contribution < 1.29 is 19.3 Å². The van der Waals surface area contributed by atoms with Crippen LogP contribution >= 0.6 is 0 Å². The molecule has 0 amide bonds. The van der Waals surface area contributed by atoms with Gasteiger partial charge in [0.1, 0.15) is 11.7 Å². The molecular formula is C25H44O4. The van der Waals surface area contributed by atoms with Gasteiger partial charge in [-0.05, 0) is 83.5 Å². The Morgan fingerprint density at radius 1 is 1.21 bits per heavy atom. The molecule has 0 aromatic heterocycles. The van der Waals surface area contributed by atoms with Crippen molar-refractivity contribution in [2.24, 2.45) is 17.3 Å². The molecule has 1 heterocycles. The first-order valence-electron chi connectivity index (χ1n) is 11.7. The summed E-state index contributed by atoms with van der Waals surface area (Å²) in [6.45, 7) is 13.6. The molecule has 0 radical (unpaired) electrons. The van der Waals surface area contributed by atoms with Gasteiger partial charge in [0, 0.05) is 0 Å². The molecule has 0 spiro atoms. The maximum atomic E-state index is 11.7. The summed E-state index contributed by atoms with van der Waals surface area (Å²) in [6.07, 6.45) is 11.4. The smallest absolute Gasteiger partial charge is 0.311 e. The SMILES string of the molecule is COC(=O)[C@@H](C)C1CC[C@](C)(CCCC(C)CCC2=C(C)CCCC2(C)C)OO1. The topological polar surface area (TPSA) is 44.8 Å². The predicted molar refractivity (Wildman–Crippen MR) is 117 cm³/mol. The lowest BCUT2D eigenvalue weighted by Gasteiger charge is -2.37. The average Bonchev–Trinajstić information content (AvgIpc) is 2.66. The summed E-state index contributed by atoms with van der Waals surface area (Å²) in [4.78, 5) is 23.0. The minimum absolute atomic E-state index is 0.204. The molecule has 0 bridgehead atoms. The van der Waals surface area contributed by atoms with Crippen LogP contribution in [0.15, 0.2) is 11.1 Å². The summed E-state index contributed by atoms with van der Waals surface area (Å²) in [5.41, 5.74) is 3.51. The van der Waals surface area contributed by atoms with Gasteiger partial charge in [-0.25, -0.2) is 9.78 Å². The Morgan fingerprint density at radius 2 is 1.93 bits per heavy atom. The molecule has 1 aliphatic heterocycles. The summed E-state index contributed by atoms with van der Waals surface area (Å²) in [6, 6.07) is 0. The number of methoxy groups -OCH3 is 1. The summed E-state index contributed by atoms with van der Waals surface area (Å²) in [5, 5.41) is 0. The number of hydrogen-bond donors (Lipinski definition) is 0. The normalized spacial score (nSPS) is 29.4. The van der Waals surface area contributed by atoms with Gasteiger partial charge in [0.15, 0.2) is 0 Å². The first-order chi connectivity index (χ1) is 13.6. The van der Waals surface area contributed by atoms with E-state index >= 15 is 0 Å². The molecule has 4 atom stereocenters. The largest absolute Gasteiger partial charge is 0.469 e. The molecule has 0 aromatic rings. The fourth-order valence-corrected chi connectivity index (χ4v) is 5.14. The Bertz CT molecular complexity index is 569. The zero-order valence-electron chi connectivity index (χ0n) is 19.9. The lowest BCUT2D eigenvalue weighted by molar-refractivity contribution is -0.411. The van der Waals surface area contributed by atoms with Crippen molar-refractivity contribution in [2.75, 3.05) is 7.11 Å². The highest BCUT2D eigenvalue weighted by Crippen LogP contribution is 2.43. The van der Waals surface area contributed by atoms with E-state index in [-0.39, 0.29) is 23.6 Å². The molecule has 4 nitrogen and oxygen atoms in total. The van der Waals surface area contributed by atoms with Crippen LogP contribution in [0.5, 0.6) is 0 Å². The second-order valence-electron chi connectivity index (χ2n) is 10.6. The van der Waals surface area contributed by atoms with Crippen LogP contribution < -0.4 is 0 Å². The van der Waals surface area contributed by atoms with Crippen molar-refractivity contribution in [3.05, 3.63) is 11.1 Å². The molecule has 2 aliphatic rings. The second kappa shape index (κ2) is 10.4. The number of rotatable bonds is 9. The minimum atomic E-state index is -0.286. The second-order valence-corrected chi connectivity index (χ2v) is 10.6. The summed E-state index contributed by atoms with van der Waals surface area (Å²) >= 11 is 0. The first kappa shape index (κ1) is 24.4. The molecule has 4 heteroatoms. The number of carbonyl (C=O) groups excluding carboxylic acids is 1.